The van der Waals surface area contributed by atoms with Gasteiger partial charge in [0, 0.05) is 0 Å². The van der Waals surface area contributed by atoms with Crippen molar-refractivity contribution in [1.82, 2.24) is 10.6 Å². The Kier molecular flexibility index (Phi) is 6.27. The third-order valence-electron chi connectivity index (χ3n) is 3.75. The first-order valence-electron chi connectivity index (χ1n) is 7.83. The van der Waals surface area contributed by atoms with Gasteiger partial charge in [0.2, 0.25) is 0 Å². The fourth-order valence-electron chi connectivity index (χ4n) is 2.61. The van der Waals surface area contributed by atoms with Gasteiger partial charge in [-0.1, -0.05) is 96.6 Å². The first-order valence-corrected chi connectivity index (χ1v) is 12.6. The fraction of sp³-hybridized carbons (Fsp3) is 0.250. The molecule has 10 heteroatoms. The Morgan fingerprint density at radius 2 is 1.19 bits per heavy atom. The Hall–Kier alpha value is -0.520. The van der Waals surface area contributed by atoms with E-state index in [-0.39, 0.29) is 12.1 Å². The van der Waals surface area contributed by atoms with Crippen LogP contribution < -0.4 is 10.6 Å². The summed E-state index contributed by atoms with van der Waals surface area (Å²) in [6, 6.07) is 0.416. The van der Waals surface area contributed by atoms with Gasteiger partial charge in [0.15, 0.2) is 19.0 Å². The highest BCUT2D eigenvalue weighted by Gasteiger charge is 2.29. The summed E-state index contributed by atoms with van der Waals surface area (Å²) in [4.78, 5) is 9.28. The van der Waals surface area contributed by atoms with Crippen molar-refractivity contribution in [3.8, 4) is 0 Å². The van der Waals surface area contributed by atoms with E-state index in [0.717, 1.165) is 10.3 Å². The number of hydrogen-bond donors (Lipinski definition) is 2. The highest BCUT2D eigenvalue weighted by atomic mass is 33.1. The molecule has 0 saturated heterocycles. The van der Waals surface area contributed by atoms with Gasteiger partial charge in [0.05, 0.1) is 22.6 Å². The molecule has 4 atom stereocenters. The quantitative estimate of drug-likeness (QED) is 0.420. The predicted molar refractivity (Wildman–Crippen MR) is 128 cm³/mol. The molecule has 2 aliphatic carbocycles. The molecule has 0 aromatic rings. The van der Waals surface area contributed by atoms with Crippen LogP contribution in [-0.4, -0.2) is 41.6 Å². The van der Waals surface area contributed by atoms with Gasteiger partial charge in [-0.3, -0.25) is 9.98 Å². The topological polar surface area (TPSA) is 48.8 Å². The molecule has 4 unspecified atom stereocenters. The van der Waals surface area contributed by atoms with E-state index >= 15 is 0 Å². The van der Waals surface area contributed by atoms with Crippen LogP contribution in [0.4, 0.5) is 0 Å². The second kappa shape index (κ2) is 8.66. The number of rotatable bonds is 0. The minimum absolute atomic E-state index is 0.208. The zero-order chi connectivity index (χ0) is 17.9. The molecule has 4 aliphatic rings. The minimum atomic E-state index is 0.208. The van der Waals surface area contributed by atoms with Crippen molar-refractivity contribution in [3.63, 3.8) is 0 Å². The second-order valence-electron chi connectivity index (χ2n) is 5.55. The Morgan fingerprint density at radius 1 is 0.769 bits per heavy atom. The summed E-state index contributed by atoms with van der Waals surface area (Å²) >= 11 is 14.2. The zero-order valence-corrected chi connectivity index (χ0v) is 18.2. The van der Waals surface area contributed by atoms with Crippen LogP contribution in [0.25, 0.3) is 0 Å². The van der Waals surface area contributed by atoms with Gasteiger partial charge in [0.1, 0.15) is 0 Å². The van der Waals surface area contributed by atoms with Crippen LogP contribution in [0.5, 0.6) is 0 Å². The molecule has 2 N–H and O–H groups in total. The molecular weight excluding hydrogens is 441 g/mol. The van der Waals surface area contributed by atoms with Crippen LogP contribution in [0.1, 0.15) is 0 Å². The van der Waals surface area contributed by atoms with E-state index in [1.54, 1.807) is 23.5 Å². The van der Waals surface area contributed by atoms with Crippen molar-refractivity contribution in [2.45, 2.75) is 22.6 Å². The molecule has 4 nitrogen and oxygen atoms in total. The number of fused-ring (bicyclic) bond motifs is 2. The average molecular weight is 455 g/mol. The van der Waals surface area contributed by atoms with E-state index in [2.05, 4.69) is 57.1 Å². The summed E-state index contributed by atoms with van der Waals surface area (Å²) in [5.74, 6) is 0. The predicted octanol–water partition coefficient (Wildman–Crippen LogP) is 4.05. The van der Waals surface area contributed by atoms with Crippen LogP contribution in [0.15, 0.2) is 58.6 Å². The third kappa shape index (κ3) is 4.66. The maximum atomic E-state index is 5.40. The summed E-state index contributed by atoms with van der Waals surface area (Å²) in [7, 11) is 2.85. The molecule has 0 saturated carbocycles. The molecule has 4 rings (SSSR count). The molecule has 0 fully saturated rings. The lowest BCUT2D eigenvalue weighted by atomic mass is 10.1. The van der Waals surface area contributed by atoms with Gasteiger partial charge >= 0.3 is 0 Å². The van der Waals surface area contributed by atoms with Gasteiger partial charge in [-0.2, -0.15) is 0 Å². The summed E-state index contributed by atoms with van der Waals surface area (Å²) < 4.78 is 1.30. The van der Waals surface area contributed by atoms with Crippen molar-refractivity contribution >= 4 is 88.5 Å². The second-order valence-corrected chi connectivity index (χ2v) is 11.4. The summed E-state index contributed by atoms with van der Waals surface area (Å²) in [6.45, 7) is 0. The maximum Gasteiger partial charge on any atom is 0.163 e. The first-order chi connectivity index (χ1) is 12.7. The van der Waals surface area contributed by atoms with E-state index in [0.29, 0.717) is 19.1 Å². The fourth-order valence-corrected chi connectivity index (χ4v) is 6.93. The Labute approximate surface area is 179 Å². The van der Waals surface area contributed by atoms with E-state index in [1.807, 2.05) is 12.2 Å². The van der Waals surface area contributed by atoms with Gasteiger partial charge in [0.25, 0.3) is 0 Å². The van der Waals surface area contributed by atoms with Crippen LogP contribution in [0.2, 0.25) is 0 Å². The Morgan fingerprint density at radius 3 is 1.62 bits per heavy atom. The largest absolute Gasteiger partial charge is 0.320 e. The molecule has 0 aromatic heterocycles. The molecule has 2 aliphatic heterocycles. The summed E-state index contributed by atoms with van der Waals surface area (Å²) in [5, 5.41) is 8.88. The molecule has 134 valence electrons. The number of thiocarbonyl (C=S) groups is 2. The number of aliphatic imine (C=N–C) groups is 2. The number of nitrogens with one attached hydrogen (secondary N) is 2. The van der Waals surface area contributed by atoms with Gasteiger partial charge in [-0.15, -0.1) is 0 Å². The average Bonchev–Trinajstić information content (AvgIpc) is 3.22. The van der Waals surface area contributed by atoms with Crippen LogP contribution in [0.3, 0.4) is 0 Å². The van der Waals surface area contributed by atoms with Gasteiger partial charge in [-0.05, 0) is 21.6 Å². The molecule has 2 heterocycles. The van der Waals surface area contributed by atoms with E-state index in [4.69, 9.17) is 24.4 Å². The molecule has 0 amide bonds. The molecular formula is C16H14N4S6. The Balaban J connectivity index is 1.21. The van der Waals surface area contributed by atoms with Gasteiger partial charge in [-0.25, -0.2) is 0 Å². The molecule has 0 spiro atoms. The normalized spacial score (nSPS) is 30.5. The van der Waals surface area contributed by atoms with Crippen LogP contribution >= 0.6 is 69.5 Å². The minimum Gasteiger partial charge on any atom is -0.320 e. The number of thioether (sulfide) groups is 2. The smallest absolute Gasteiger partial charge is 0.163 e. The molecule has 0 aromatic carbocycles. The van der Waals surface area contributed by atoms with Crippen molar-refractivity contribution in [1.29, 1.82) is 0 Å². The molecule has 0 bridgehead atoms. The van der Waals surface area contributed by atoms with Crippen molar-refractivity contribution in [3.05, 3.63) is 48.6 Å². The van der Waals surface area contributed by atoms with Gasteiger partial charge < -0.3 is 10.6 Å². The molecule has 0 radical (unpaired) electrons. The lowest BCUT2D eigenvalue weighted by Gasteiger charge is -2.11. The van der Waals surface area contributed by atoms with Crippen molar-refractivity contribution in [2.24, 2.45) is 9.98 Å². The van der Waals surface area contributed by atoms with E-state index in [1.165, 1.54) is 21.6 Å². The SMILES string of the molecule is S=C(NC1=NC2C=CC=CC2S1)SSC(=S)NC1=NC2C=CC=CC2S1. The zero-order valence-electron chi connectivity index (χ0n) is 13.3. The van der Waals surface area contributed by atoms with E-state index < -0.39 is 0 Å². The number of hydrogen-bond acceptors (Lipinski definition) is 8. The number of nitrogens with zero attached hydrogens (tertiary/aromatic N) is 2. The lowest BCUT2D eigenvalue weighted by Crippen LogP contribution is -2.25. The number of amidine groups is 2. The highest BCUT2D eigenvalue weighted by Crippen LogP contribution is 2.33. The first kappa shape index (κ1) is 18.8. The van der Waals surface area contributed by atoms with E-state index in [9.17, 15) is 0 Å². The van der Waals surface area contributed by atoms with Crippen molar-refractivity contribution < 1.29 is 0 Å². The summed E-state index contributed by atoms with van der Waals surface area (Å²) in [6.07, 6.45) is 16.7. The monoisotopic (exact) mass is 454 g/mol. The summed E-state index contributed by atoms with van der Waals surface area (Å²) in [5.41, 5.74) is 0. The standard InChI is InChI=1S/C16H14N4S6/c21-15(19-13-17-9-5-1-3-7-11(9)23-13)25-26-16(22)20-14-18-10-6-2-4-8-12(10)24-14/h1-12H,(H,17,19,21)(H,18,20,22). The maximum absolute atomic E-state index is 5.40. The van der Waals surface area contributed by atoms with Crippen molar-refractivity contribution in [2.75, 3.05) is 0 Å². The number of allylic oxidation sites excluding steroid dienone is 4. The van der Waals surface area contributed by atoms with Crippen LogP contribution in [-0.2, 0) is 0 Å². The Bertz CT molecular complexity index is 731. The molecule has 26 heavy (non-hydrogen) atoms. The lowest BCUT2D eigenvalue weighted by molar-refractivity contribution is 0.859. The van der Waals surface area contributed by atoms with Crippen LogP contribution in [0, 0.1) is 0 Å². The highest BCUT2D eigenvalue weighted by molar-refractivity contribution is 8.89. The third-order valence-corrected chi connectivity index (χ3v) is 9.21.